The van der Waals surface area contributed by atoms with Gasteiger partial charge in [0.25, 0.3) is 0 Å². The van der Waals surface area contributed by atoms with Crippen molar-refractivity contribution in [1.82, 2.24) is 9.97 Å². The molecule has 1 aliphatic carbocycles. The van der Waals surface area contributed by atoms with Crippen LogP contribution in [0.2, 0.25) is 0 Å². The molecule has 1 fully saturated rings. The number of aromatic nitrogens is 2. The first-order valence-corrected chi connectivity index (χ1v) is 4.41. The van der Waals surface area contributed by atoms with Crippen LogP contribution in [0.1, 0.15) is 42.5 Å². The van der Waals surface area contributed by atoms with E-state index in [0.717, 1.165) is 18.5 Å². The highest BCUT2D eigenvalue weighted by Gasteiger charge is 2.48. The summed E-state index contributed by atoms with van der Waals surface area (Å²) in [5, 5.41) is 0. The van der Waals surface area contributed by atoms with Crippen LogP contribution in [0.5, 0.6) is 0 Å². The predicted octanol–water partition coefficient (Wildman–Crippen LogP) is 1.80. The molecule has 1 atom stereocenters. The summed E-state index contributed by atoms with van der Waals surface area (Å²) in [7, 11) is 0. The van der Waals surface area contributed by atoms with Crippen molar-refractivity contribution in [2.45, 2.75) is 26.2 Å². The maximum Gasteiger partial charge on any atom is 0.168 e. The van der Waals surface area contributed by atoms with Crippen LogP contribution < -0.4 is 0 Å². The summed E-state index contributed by atoms with van der Waals surface area (Å²) in [5.41, 5.74) is 0.800. The Labute approximate surface area is 77.2 Å². The van der Waals surface area contributed by atoms with Gasteiger partial charge in [0.15, 0.2) is 6.29 Å². The summed E-state index contributed by atoms with van der Waals surface area (Å²) in [6.07, 6.45) is 3.54. The number of aldehydes is 1. The molecule has 1 aliphatic rings. The molecule has 13 heavy (non-hydrogen) atoms. The van der Waals surface area contributed by atoms with Gasteiger partial charge in [-0.25, -0.2) is 9.97 Å². The molecule has 1 unspecified atom stereocenters. The molecule has 0 N–H and O–H groups in total. The first kappa shape index (κ1) is 8.35. The monoisotopic (exact) mass is 176 g/mol. The van der Waals surface area contributed by atoms with Crippen molar-refractivity contribution < 1.29 is 4.79 Å². The molecule has 2 rings (SSSR count). The Kier molecular flexibility index (Phi) is 1.68. The Morgan fingerprint density at radius 3 is 2.85 bits per heavy atom. The molecule has 0 saturated heterocycles. The number of rotatable bonds is 2. The van der Waals surface area contributed by atoms with Crippen LogP contribution in [0.25, 0.3) is 0 Å². The highest BCUT2D eigenvalue weighted by molar-refractivity contribution is 5.71. The molecular weight excluding hydrogens is 164 g/mol. The maximum absolute atomic E-state index is 10.5. The fourth-order valence-corrected chi connectivity index (χ4v) is 1.53. The van der Waals surface area contributed by atoms with Crippen molar-refractivity contribution in [2.75, 3.05) is 0 Å². The van der Waals surface area contributed by atoms with E-state index in [4.69, 9.17) is 0 Å². The van der Waals surface area contributed by atoms with E-state index in [9.17, 15) is 4.79 Å². The van der Waals surface area contributed by atoms with Crippen LogP contribution in [0.3, 0.4) is 0 Å². The summed E-state index contributed by atoms with van der Waals surface area (Å²) in [6, 6.07) is 1.63. The zero-order valence-electron chi connectivity index (χ0n) is 7.82. The Bertz CT molecular complexity index is 347. The van der Waals surface area contributed by atoms with Gasteiger partial charge in [0.05, 0.1) is 0 Å². The molecule has 0 aliphatic heterocycles. The van der Waals surface area contributed by atoms with Gasteiger partial charge in [0.2, 0.25) is 0 Å². The van der Waals surface area contributed by atoms with Gasteiger partial charge >= 0.3 is 0 Å². The lowest BCUT2D eigenvalue weighted by atomic mass is 10.1. The van der Waals surface area contributed by atoms with E-state index >= 15 is 0 Å². The van der Waals surface area contributed by atoms with Crippen molar-refractivity contribution in [3.05, 3.63) is 23.8 Å². The largest absolute Gasteiger partial charge is 0.296 e. The highest BCUT2D eigenvalue weighted by atomic mass is 16.1. The van der Waals surface area contributed by atoms with Crippen molar-refractivity contribution in [2.24, 2.45) is 5.41 Å². The number of carbonyl (C=O) groups is 1. The third-order valence-electron chi connectivity index (χ3n) is 2.64. The minimum Gasteiger partial charge on any atom is -0.296 e. The van der Waals surface area contributed by atoms with Gasteiger partial charge in [-0.2, -0.15) is 0 Å². The molecule has 1 aromatic rings. The normalized spacial score (nSPS) is 24.0. The van der Waals surface area contributed by atoms with Crippen LogP contribution in [-0.2, 0) is 0 Å². The second-order valence-electron chi connectivity index (χ2n) is 4.20. The van der Waals surface area contributed by atoms with E-state index in [-0.39, 0.29) is 0 Å². The summed E-state index contributed by atoms with van der Waals surface area (Å²) in [5.74, 6) is 1.25. The Hall–Kier alpha value is -1.25. The van der Waals surface area contributed by atoms with Crippen LogP contribution in [0.15, 0.2) is 12.3 Å². The smallest absolute Gasteiger partial charge is 0.168 e. The van der Waals surface area contributed by atoms with E-state index in [0.29, 0.717) is 17.0 Å². The fourth-order valence-electron chi connectivity index (χ4n) is 1.53. The Balaban J connectivity index is 2.27. The van der Waals surface area contributed by atoms with Gasteiger partial charge < -0.3 is 0 Å². The summed E-state index contributed by atoms with van der Waals surface area (Å²) >= 11 is 0. The third kappa shape index (κ3) is 1.46. The standard InChI is InChI=1S/C10H12N2O/c1-10(2)5-8(10)9-11-4-3-7(6-13)12-9/h3-4,6,8H,5H2,1-2H3. The summed E-state index contributed by atoms with van der Waals surface area (Å²) in [4.78, 5) is 18.8. The van der Waals surface area contributed by atoms with Crippen LogP contribution in [0.4, 0.5) is 0 Å². The molecular formula is C10H12N2O. The average Bonchev–Trinajstić information content (AvgIpc) is 2.76. The van der Waals surface area contributed by atoms with Crippen molar-refractivity contribution in [3.63, 3.8) is 0 Å². The molecule has 3 heteroatoms. The molecule has 0 aromatic carbocycles. The minimum atomic E-state index is 0.321. The van der Waals surface area contributed by atoms with Gasteiger partial charge in [-0.3, -0.25) is 4.79 Å². The lowest BCUT2D eigenvalue weighted by molar-refractivity contribution is 0.111. The van der Waals surface area contributed by atoms with Crippen molar-refractivity contribution >= 4 is 6.29 Å². The fraction of sp³-hybridized carbons (Fsp3) is 0.500. The van der Waals surface area contributed by atoms with Gasteiger partial charge in [-0.05, 0) is 17.9 Å². The average molecular weight is 176 g/mol. The van der Waals surface area contributed by atoms with E-state index in [1.54, 1.807) is 12.3 Å². The number of hydrogen-bond acceptors (Lipinski definition) is 3. The molecule has 68 valence electrons. The Morgan fingerprint density at radius 2 is 2.31 bits per heavy atom. The molecule has 0 radical (unpaired) electrons. The lowest BCUT2D eigenvalue weighted by Gasteiger charge is -2.01. The van der Waals surface area contributed by atoms with Crippen molar-refractivity contribution in [3.8, 4) is 0 Å². The number of nitrogens with zero attached hydrogens (tertiary/aromatic N) is 2. The predicted molar refractivity (Wildman–Crippen MR) is 48.6 cm³/mol. The second kappa shape index (κ2) is 2.62. The number of hydrogen-bond donors (Lipinski definition) is 0. The first-order chi connectivity index (χ1) is 6.13. The highest BCUT2D eigenvalue weighted by Crippen LogP contribution is 2.57. The van der Waals surface area contributed by atoms with Crippen LogP contribution in [-0.4, -0.2) is 16.3 Å². The second-order valence-corrected chi connectivity index (χ2v) is 4.20. The van der Waals surface area contributed by atoms with Crippen LogP contribution >= 0.6 is 0 Å². The zero-order valence-corrected chi connectivity index (χ0v) is 7.82. The van der Waals surface area contributed by atoms with Crippen LogP contribution in [0, 0.1) is 5.41 Å². The minimum absolute atomic E-state index is 0.321. The molecule has 0 spiro atoms. The van der Waals surface area contributed by atoms with Gasteiger partial charge in [0.1, 0.15) is 11.5 Å². The van der Waals surface area contributed by atoms with Gasteiger partial charge in [0, 0.05) is 12.1 Å². The lowest BCUT2D eigenvalue weighted by Crippen LogP contribution is -1.99. The van der Waals surface area contributed by atoms with E-state index < -0.39 is 0 Å². The summed E-state index contributed by atoms with van der Waals surface area (Å²) < 4.78 is 0. The third-order valence-corrected chi connectivity index (χ3v) is 2.64. The topological polar surface area (TPSA) is 42.9 Å². The Morgan fingerprint density at radius 1 is 1.62 bits per heavy atom. The molecule has 1 heterocycles. The molecule has 3 nitrogen and oxygen atoms in total. The maximum atomic E-state index is 10.5. The van der Waals surface area contributed by atoms with E-state index in [1.165, 1.54) is 0 Å². The zero-order chi connectivity index (χ0) is 9.47. The van der Waals surface area contributed by atoms with Gasteiger partial charge in [-0.15, -0.1) is 0 Å². The SMILES string of the molecule is CC1(C)CC1c1nccc(C=O)n1. The number of carbonyl (C=O) groups excluding carboxylic acids is 1. The van der Waals surface area contributed by atoms with Crippen molar-refractivity contribution in [1.29, 1.82) is 0 Å². The molecule has 0 amide bonds. The van der Waals surface area contributed by atoms with E-state index in [1.807, 2.05) is 0 Å². The first-order valence-electron chi connectivity index (χ1n) is 4.41. The molecule has 1 saturated carbocycles. The van der Waals surface area contributed by atoms with Gasteiger partial charge in [-0.1, -0.05) is 13.8 Å². The summed E-state index contributed by atoms with van der Waals surface area (Å²) in [6.45, 7) is 4.38. The quantitative estimate of drug-likeness (QED) is 0.645. The molecule has 0 bridgehead atoms. The molecule has 1 aromatic heterocycles. The van der Waals surface area contributed by atoms with E-state index in [2.05, 4.69) is 23.8 Å².